The normalized spacial score (nSPS) is 22.0. The molecule has 1 aliphatic rings. The maximum absolute atomic E-state index is 12.1. The summed E-state index contributed by atoms with van der Waals surface area (Å²) in [7, 11) is 1.43. The van der Waals surface area contributed by atoms with Gasteiger partial charge in [-0.3, -0.25) is 4.79 Å². The van der Waals surface area contributed by atoms with Gasteiger partial charge in [0.15, 0.2) is 11.5 Å². The number of methoxy groups -OCH3 is 1. The van der Waals surface area contributed by atoms with E-state index < -0.39 is 17.5 Å². The van der Waals surface area contributed by atoms with E-state index in [-0.39, 0.29) is 11.5 Å². The fraction of sp³-hybridized carbons (Fsp3) is 0.357. The first-order valence-corrected chi connectivity index (χ1v) is 6.49. The van der Waals surface area contributed by atoms with Crippen LogP contribution in [0.2, 0.25) is 0 Å². The van der Waals surface area contributed by atoms with E-state index in [1.807, 2.05) is 6.92 Å². The number of benzene rings is 1. The smallest absolute Gasteiger partial charge is 0.346 e. The van der Waals surface area contributed by atoms with Crippen LogP contribution in [0.4, 0.5) is 4.79 Å². The van der Waals surface area contributed by atoms with Crippen LogP contribution in [0.15, 0.2) is 23.3 Å². The lowest BCUT2D eigenvalue weighted by Crippen LogP contribution is -2.42. The van der Waals surface area contributed by atoms with Gasteiger partial charge in [0.1, 0.15) is 5.54 Å². The van der Waals surface area contributed by atoms with Crippen molar-refractivity contribution >= 4 is 18.2 Å². The van der Waals surface area contributed by atoms with Crippen molar-refractivity contribution in [3.05, 3.63) is 23.8 Å². The Bertz CT molecular complexity index is 614. The third kappa shape index (κ3) is 2.67. The van der Waals surface area contributed by atoms with Gasteiger partial charge in [0.25, 0.3) is 5.91 Å². The number of phenols is 1. The Balaban J connectivity index is 2.22. The van der Waals surface area contributed by atoms with Gasteiger partial charge in [-0.05, 0) is 37.1 Å². The maximum Gasteiger partial charge on any atom is 0.346 e. The number of carbonyl (C=O) groups is 2. The molecule has 0 aliphatic carbocycles. The molecule has 0 bridgehead atoms. The van der Waals surface area contributed by atoms with Crippen molar-refractivity contribution in [3.63, 3.8) is 0 Å². The largest absolute Gasteiger partial charge is 0.504 e. The molecule has 21 heavy (non-hydrogen) atoms. The average molecular weight is 291 g/mol. The van der Waals surface area contributed by atoms with E-state index in [0.29, 0.717) is 12.0 Å². The van der Waals surface area contributed by atoms with Gasteiger partial charge in [-0.2, -0.15) is 5.10 Å². The zero-order valence-electron chi connectivity index (χ0n) is 12.1. The van der Waals surface area contributed by atoms with Crippen molar-refractivity contribution in [3.8, 4) is 11.5 Å². The number of urea groups is 1. The second kappa shape index (κ2) is 5.43. The first-order valence-electron chi connectivity index (χ1n) is 6.49. The van der Waals surface area contributed by atoms with Crippen molar-refractivity contribution in [1.82, 2.24) is 10.3 Å². The molecular formula is C14H17N3O4. The molecule has 1 aromatic rings. The van der Waals surface area contributed by atoms with E-state index in [4.69, 9.17) is 4.74 Å². The van der Waals surface area contributed by atoms with Crippen molar-refractivity contribution < 1.29 is 19.4 Å². The fourth-order valence-electron chi connectivity index (χ4n) is 1.91. The molecule has 0 aromatic heterocycles. The summed E-state index contributed by atoms with van der Waals surface area (Å²) in [6, 6.07) is 4.04. The summed E-state index contributed by atoms with van der Waals surface area (Å²) in [5.41, 5.74) is -0.323. The van der Waals surface area contributed by atoms with Crippen LogP contribution in [-0.4, -0.2) is 40.9 Å². The van der Waals surface area contributed by atoms with Crippen LogP contribution in [0.5, 0.6) is 11.5 Å². The Morgan fingerprint density at radius 3 is 2.76 bits per heavy atom. The van der Waals surface area contributed by atoms with Crippen molar-refractivity contribution in [2.75, 3.05) is 7.11 Å². The SMILES string of the molecule is CC[C@]1(C)NC(=O)N(/N=C/c2ccc(O)c(OC)c2)C1=O. The molecule has 1 aliphatic heterocycles. The highest BCUT2D eigenvalue weighted by molar-refractivity contribution is 6.07. The Hall–Kier alpha value is -2.57. The van der Waals surface area contributed by atoms with Gasteiger partial charge >= 0.3 is 6.03 Å². The van der Waals surface area contributed by atoms with Gasteiger partial charge in [0.2, 0.25) is 0 Å². The lowest BCUT2D eigenvalue weighted by molar-refractivity contribution is -0.130. The third-order valence-corrected chi connectivity index (χ3v) is 3.47. The molecule has 1 fully saturated rings. The van der Waals surface area contributed by atoms with E-state index in [2.05, 4.69) is 10.4 Å². The van der Waals surface area contributed by atoms with Crippen LogP contribution < -0.4 is 10.1 Å². The summed E-state index contributed by atoms with van der Waals surface area (Å²) in [6.07, 6.45) is 1.84. The molecule has 0 radical (unpaired) electrons. The topological polar surface area (TPSA) is 91.2 Å². The highest BCUT2D eigenvalue weighted by Crippen LogP contribution is 2.26. The number of amides is 3. The molecule has 0 saturated carbocycles. The van der Waals surface area contributed by atoms with Crippen LogP contribution in [0, 0.1) is 0 Å². The Kier molecular flexibility index (Phi) is 3.84. The number of nitrogens with one attached hydrogen (secondary N) is 1. The molecule has 1 aromatic carbocycles. The van der Waals surface area contributed by atoms with Crippen LogP contribution >= 0.6 is 0 Å². The minimum absolute atomic E-state index is 0.00296. The minimum Gasteiger partial charge on any atom is -0.504 e. The zero-order valence-corrected chi connectivity index (χ0v) is 12.1. The first-order chi connectivity index (χ1) is 9.91. The van der Waals surface area contributed by atoms with Gasteiger partial charge < -0.3 is 15.2 Å². The Labute approximate surface area is 122 Å². The number of phenolic OH excluding ortho intramolecular Hbond substituents is 1. The number of ether oxygens (including phenoxy) is 1. The van der Waals surface area contributed by atoms with E-state index in [9.17, 15) is 14.7 Å². The standard InChI is InChI=1S/C14H17N3O4/c1-4-14(2)12(19)17(13(20)16-14)15-8-9-5-6-10(18)11(7-9)21-3/h5-8,18H,4H2,1-3H3,(H,16,20)/b15-8+/t14-/m0/s1. The minimum atomic E-state index is -0.916. The number of rotatable bonds is 4. The van der Waals surface area contributed by atoms with Crippen LogP contribution in [-0.2, 0) is 4.79 Å². The molecule has 0 spiro atoms. The molecule has 1 saturated heterocycles. The molecule has 1 atom stereocenters. The molecule has 7 nitrogen and oxygen atoms in total. The number of hydrogen-bond acceptors (Lipinski definition) is 5. The Morgan fingerprint density at radius 2 is 2.19 bits per heavy atom. The summed E-state index contributed by atoms with van der Waals surface area (Å²) in [5.74, 6) is -0.102. The molecule has 0 unspecified atom stereocenters. The molecule has 3 amide bonds. The van der Waals surface area contributed by atoms with E-state index >= 15 is 0 Å². The monoisotopic (exact) mass is 291 g/mol. The summed E-state index contributed by atoms with van der Waals surface area (Å²) in [6.45, 7) is 3.47. The van der Waals surface area contributed by atoms with Gasteiger partial charge in [0.05, 0.1) is 13.3 Å². The number of carbonyl (C=O) groups excluding carboxylic acids is 2. The van der Waals surface area contributed by atoms with Crippen molar-refractivity contribution in [2.45, 2.75) is 25.8 Å². The highest BCUT2D eigenvalue weighted by atomic mass is 16.5. The third-order valence-electron chi connectivity index (χ3n) is 3.47. The average Bonchev–Trinajstić information content (AvgIpc) is 2.69. The zero-order chi connectivity index (χ0) is 15.6. The van der Waals surface area contributed by atoms with E-state index in [1.165, 1.54) is 19.4 Å². The van der Waals surface area contributed by atoms with Gasteiger partial charge in [0, 0.05) is 0 Å². The molecule has 2 rings (SSSR count). The van der Waals surface area contributed by atoms with Crippen LogP contribution in [0.3, 0.4) is 0 Å². The second-order valence-corrected chi connectivity index (χ2v) is 4.91. The van der Waals surface area contributed by atoms with Crippen LogP contribution in [0.1, 0.15) is 25.8 Å². The fourth-order valence-corrected chi connectivity index (χ4v) is 1.91. The molecule has 2 N–H and O–H groups in total. The highest BCUT2D eigenvalue weighted by Gasteiger charge is 2.46. The number of hydrazone groups is 1. The summed E-state index contributed by atoms with van der Waals surface area (Å²) < 4.78 is 4.98. The first kappa shape index (κ1) is 14.8. The second-order valence-electron chi connectivity index (χ2n) is 4.91. The molecule has 1 heterocycles. The number of aromatic hydroxyl groups is 1. The van der Waals surface area contributed by atoms with Gasteiger partial charge in [-0.1, -0.05) is 6.92 Å². The number of imide groups is 1. The van der Waals surface area contributed by atoms with Crippen molar-refractivity contribution in [1.29, 1.82) is 0 Å². The molecule has 7 heteroatoms. The summed E-state index contributed by atoms with van der Waals surface area (Å²) in [4.78, 5) is 23.9. The lowest BCUT2D eigenvalue weighted by atomic mass is 10.00. The molecular weight excluding hydrogens is 274 g/mol. The number of nitrogens with zero attached hydrogens (tertiary/aromatic N) is 2. The predicted octanol–water partition coefficient (Wildman–Crippen LogP) is 1.46. The van der Waals surface area contributed by atoms with Gasteiger partial charge in [-0.15, -0.1) is 5.01 Å². The lowest BCUT2D eigenvalue weighted by Gasteiger charge is -2.17. The van der Waals surface area contributed by atoms with Crippen molar-refractivity contribution in [2.24, 2.45) is 5.10 Å². The summed E-state index contributed by atoms with van der Waals surface area (Å²) in [5, 5.41) is 16.8. The predicted molar refractivity (Wildman–Crippen MR) is 76.3 cm³/mol. The molecule has 112 valence electrons. The number of hydrogen-bond donors (Lipinski definition) is 2. The summed E-state index contributed by atoms with van der Waals surface area (Å²) >= 11 is 0. The maximum atomic E-state index is 12.1. The Morgan fingerprint density at radius 1 is 1.48 bits per heavy atom. The van der Waals surface area contributed by atoms with Crippen LogP contribution in [0.25, 0.3) is 0 Å². The van der Waals surface area contributed by atoms with E-state index in [1.54, 1.807) is 19.1 Å². The quantitative estimate of drug-likeness (QED) is 0.649. The van der Waals surface area contributed by atoms with E-state index in [0.717, 1.165) is 5.01 Å². The van der Waals surface area contributed by atoms with Gasteiger partial charge in [-0.25, -0.2) is 4.79 Å².